The van der Waals surface area contributed by atoms with Gasteiger partial charge in [-0.25, -0.2) is 0 Å². The Kier molecular flexibility index (Phi) is 4.50. The highest BCUT2D eigenvalue weighted by Crippen LogP contribution is 2.27. The summed E-state index contributed by atoms with van der Waals surface area (Å²) in [7, 11) is 1.48. The topological polar surface area (TPSA) is 56.1 Å². The van der Waals surface area contributed by atoms with E-state index in [1.54, 1.807) is 0 Å². The fourth-order valence-electron chi connectivity index (χ4n) is 1.10. The van der Waals surface area contributed by atoms with Gasteiger partial charge in [0.25, 0.3) is 0 Å². The molecule has 1 N–H and O–H groups in total. The van der Waals surface area contributed by atoms with Crippen molar-refractivity contribution in [3.05, 3.63) is 18.0 Å². The van der Waals surface area contributed by atoms with Gasteiger partial charge in [0.2, 0.25) is 5.91 Å². The smallest absolute Gasteiger partial charge is 0.383 e. The highest BCUT2D eigenvalue weighted by molar-refractivity contribution is 5.75. The number of alkyl halides is 3. The van der Waals surface area contributed by atoms with E-state index in [1.807, 2.05) is 0 Å². The van der Waals surface area contributed by atoms with Crippen molar-refractivity contribution >= 4 is 5.91 Å². The summed E-state index contributed by atoms with van der Waals surface area (Å²) in [6.07, 6.45) is -3.38. The first-order chi connectivity index (χ1) is 7.93. The number of hydrogen-bond acceptors (Lipinski definition) is 3. The van der Waals surface area contributed by atoms with Crippen molar-refractivity contribution in [3.63, 3.8) is 0 Å². The van der Waals surface area contributed by atoms with Gasteiger partial charge in [-0.15, -0.1) is 0 Å². The van der Waals surface area contributed by atoms with Gasteiger partial charge in [-0.05, 0) is 6.07 Å². The predicted octanol–water partition coefficient (Wildman–Crippen LogP) is 0.664. The van der Waals surface area contributed by atoms with Crippen LogP contribution >= 0.6 is 0 Å². The van der Waals surface area contributed by atoms with Crippen molar-refractivity contribution in [2.24, 2.45) is 0 Å². The van der Waals surface area contributed by atoms with Crippen LogP contribution in [0.4, 0.5) is 13.2 Å². The zero-order valence-corrected chi connectivity index (χ0v) is 9.12. The lowest BCUT2D eigenvalue weighted by Gasteiger charge is -2.04. The van der Waals surface area contributed by atoms with E-state index in [0.29, 0.717) is 13.2 Å². The van der Waals surface area contributed by atoms with Crippen molar-refractivity contribution in [2.75, 3.05) is 20.3 Å². The molecular formula is C9H12F3N3O2. The Hall–Kier alpha value is -1.57. The normalized spacial score (nSPS) is 11.5. The summed E-state index contributed by atoms with van der Waals surface area (Å²) in [4.78, 5) is 11.2. The molecule has 0 aliphatic rings. The Bertz CT molecular complexity index is 376. The number of ether oxygens (including phenoxy) is 1. The minimum absolute atomic E-state index is 0.250. The molecule has 0 spiro atoms. The molecule has 1 aromatic rings. The molecule has 0 atom stereocenters. The first kappa shape index (κ1) is 13.5. The number of amides is 1. The molecule has 0 bridgehead atoms. The Morgan fingerprint density at radius 1 is 1.59 bits per heavy atom. The van der Waals surface area contributed by atoms with Crippen LogP contribution in [0.3, 0.4) is 0 Å². The molecule has 0 saturated carbocycles. The van der Waals surface area contributed by atoms with Gasteiger partial charge in [-0.2, -0.15) is 18.3 Å². The number of nitrogens with one attached hydrogen (secondary N) is 1. The quantitative estimate of drug-likeness (QED) is 0.782. The molecule has 1 amide bonds. The van der Waals surface area contributed by atoms with Gasteiger partial charge in [-0.3, -0.25) is 9.48 Å². The van der Waals surface area contributed by atoms with Crippen LogP contribution in [-0.4, -0.2) is 35.9 Å². The molecule has 0 aliphatic carbocycles. The van der Waals surface area contributed by atoms with Gasteiger partial charge in [0.1, 0.15) is 6.54 Å². The third-order valence-electron chi connectivity index (χ3n) is 1.87. The monoisotopic (exact) mass is 251 g/mol. The van der Waals surface area contributed by atoms with E-state index in [9.17, 15) is 18.0 Å². The second kappa shape index (κ2) is 5.67. The van der Waals surface area contributed by atoms with Crippen molar-refractivity contribution in [2.45, 2.75) is 12.7 Å². The lowest BCUT2D eigenvalue weighted by Crippen LogP contribution is -2.30. The average Bonchev–Trinajstić information content (AvgIpc) is 2.66. The Labute approximate surface area is 95.5 Å². The summed E-state index contributed by atoms with van der Waals surface area (Å²) in [6.45, 7) is 0.404. The SMILES string of the molecule is COCCNC(=O)Cn1ccc(C(F)(F)F)n1. The predicted molar refractivity (Wildman–Crippen MR) is 52.1 cm³/mol. The second-order valence-electron chi connectivity index (χ2n) is 3.24. The largest absolute Gasteiger partial charge is 0.435 e. The molecule has 8 heteroatoms. The minimum atomic E-state index is -4.49. The van der Waals surface area contributed by atoms with Crippen LogP contribution in [0, 0.1) is 0 Å². The summed E-state index contributed by atoms with van der Waals surface area (Å²) in [6, 6.07) is 0.822. The zero-order chi connectivity index (χ0) is 12.9. The molecule has 1 heterocycles. The maximum atomic E-state index is 12.2. The zero-order valence-electron chi connectivity index (χ0n) is 9.12. The molecule has 1 rings (SSSR count). The van der Waals surface area contributed by atoms with Crippen molar-refractivity contribution in [1.29, 1.82) is 0 Å². The Morgan fingerprint density at radius 3 is 2.82 bits per heavy atom. The van der Waals surface area contributed by atoms with E-state index < -0.39 is 17.8 Å². The van der Waals surface area contributed by atoms with Gasteiger partial charge < -0.3 is 10.1 Å². The van der Waals surface area contributed by atoms with E-state index >= 15 is 0 Å². The minimum Gasteiger partial charge on any atom is -0.383 e. The van der Waals surface area contributed by atoms with Crippen LogP contribution in [0.1, 0.15) is 5.69 Å². The lowest BCUT2D eigenvalue weighted by atomic mass is 10.4. The number of halogens is 3. The third kappa shape index (κ3) is 4.43. The maximum absolute atomic E-state index is 12.2. The summed E-state index contributed by atoms with van der Waals surface area (Å²) in [5.74, 6) is -0.418. The lowest BCUT2D eigenvalue weighted by molar-refractivity contribution is -0.141. The van der Waals surface area contributed by atoms with E-state index in [4.69, 9.17) is 4.74 Å². The first-order valence-corrected chi connectivity index (χ1v) is 4.80. The van der Waals surface area contributed by atoms with Crippen LogP contribution in [0.2, 0.25) is 0 Å². The van der Waals surface area contributed by atoms with Gasteiger partial charge in [0.15, 0.2) is 5.69 Å². The summed E-state index contributed by atoms with van der Waals surface area (Å²) >= 11 is 0. The van der Waals surface area contributed by atoms with Crippen LogP contribution in [0.25, 0.3) is 0 Å². The number of hydrogen-bond donors (Lipinski definition) is 1. The second-order valence-corrected chi connectivity index (χ2v) is 3.24. The van der Waals surface area contributed by atoms with Crippen LogP contribution in [0.15, 0.2) is 12.3 Å². The highest BCUT2D eigenvalue weighted by atomic mass is 19.4. The van der Waals surface area contributed by atoms with Crippen molar-refractivity contribution in [1.82, 2.24) is 15.1 Å². The molecule has 0 unspecified atom stereocenters. The van der Waals surface area contributed by atoms with Crippen molar-refractivity contribution < 1.29 is 22.7 Å². The summed E-state index contributed by atoms with van der Waals surface area (Å²) in [5.41, 5.74) is -1.01. The Morgan fingerprint density at radius 2 is 2.29 bits per heavy atom. The average molecular weight is 251 g/mol. The van der Waals surface area contributed by atoms with E-state index in [1.165, 1.54) is 7.11 Å². The van der Waals surface area contributed by atoms with Crippen LogP contribution in [0.5, 0.6) is 0 Å². The number of carbonyl (C=O) groups excluding carboxylic acids is 1. The van der Waals surface area contributed by atoms with Crippen molar-refractivity contribution in [3.8, 4) is 0 Å². The highest BCUT2D eigenvalue weighted by Gasteiger charge is 2.33. The molecule has 0 radical (unpaired) electrons. The standard InChI is InChI=1S/C9H12F3N3O2/c1-17-5-3-13-8(16)6-15-4-2-7(14-15)9(10,11)12/h2,4H,3,5-6H2,1H3,(H,13,16). The van der Waals surface area contributed by atoms with Gasteiger partial charge in [-0.1, -0.05) is 0 Å². The van der Waals surface area contributed by atoms with E-state index in [0.717, 1.165) is 16.9 Å². The molecule has 1 aromatic heterocycles. The molecule has 5 nitrogen and oxygen atoms in total. The van der Waals surface area contributed by atoms with Gasteiger partial charge >= 0.3 is 6.18 Å². The fourth-order valence-corrected chi connectivity index (χ4v) is 1.10. The van der Waals surface area contributed by atoms with E-state index in [-0.39, 0.29) is 6.54 Å². The van der Waals surface area contributed by atoms with Crippen LogP contribution < -0.4 is 5.32 Å². The molecule has 17 heavy (non-hydrogen) atoms. The first-order valence-electron chi connectivity index (χ1n) is 4.80. The van der Waals surface area contributed by atoms with E-state index in [2.05, 4.69) is 10.4 Å². The van der Waals surface area contributed by atoms with Gasteiger partial charge in [0, 0.05) is 19.9 Å². The Balaban J connectivity index is 2.46. The third-order valence-corrected chi connectivity index (χ3v) is 1.87. The fraction of sp³-hybridized carbons (Fsp3) is 0.556. The number of methoxy groups -OCH3 is 1. The molecule has 0 aliphatic heterocycles. The maximum Gasteiger partial charge on any atom is 0.435 e. The van der Waals surface area contributed by atoms with Crippen LogP contribution in [-0.2, 0) is 22.3 Å². The molecular weight excluding hydrogens is 239 g/mol. The summed E-state index contributed by atoms with van der Waals surface area (Å²) in [5, 5.41) is 5.72. The summed E-state index contributed by atoms with van der Waals surface area (Å²) < 4.78 is 42.2. The number of carbonyl (C=O) groups is 1. The number of aromatic nitrogens is 2. The van der Waals surface area contributed by atoms with Gasteiger partial charge in [0.05, 0.1) is 6.61 Å². The number of nitrogens with zero attached hydrogens (tertiary/aromatic N) is 2. The molecule has 0 saturated heterocycles. The number of rotatable bonds is 5. The molecule has 0 fully saturated rings. The molecule has 0 aromatic carbocycles. The molecule has 96 valence electrons.